The van der Waals surface area contributed by atoms with Crippen molar-refractivity contribution in [2.24, 2.45) is 5.92 Å². The zero-order chi connectivity index (χ0) is 7.98. The molecule has 0 saturated carbocycles. The normalized spacial score (nSPS) is 15.7. The fraction of sp³-hybridized carbons (Fsp3) is 0.857. The van der Waals surface area contributed by atoms with Gasteiger partial charge in [-0.1, -0.05) is 6.92 Å². The van der Waals surface area contributed by atoms with Gasteiger partial charge in [0, 0.05) is 22.3 Å². The molecular formula is C7H13NOS. The number of nitriles is 1. The van der Waals surface area contributed by atoms with Gasteiger partial charge in [0.05, 0.1) is 12.0 Å². The molecule has 0 N–H and O–H groups in total. The van der Waals surface area contributed by atoms with Crippen molar-refractivity contribution in [1.82, 2.24) is 0 Å². The smallest absolute Gasteiger partial charge is 0.0662 e. The van der Waals surface area contributed by atoms with Gasteiger partial charge in [-0.2, -0.15) is 5.26 Å². The largest absolute Gasteiger partial charge is 0.260 e. The van der Waals surface area contributed by atoms with Crippen LogP contribution in [-0.2, 0) is 10.8 Å². The minimum Gasteiger partial charge on any atom is -0.260 e. The highest BCUT2D eigenvalue weighted by Gasteiger charge is 2.04. The Kier molecular flexibility index (Phi) is 5.23. The Morgan fingerprint density at radius 1 is 1.70 bits per heavy atom. The van der Waals surface area contributed by atoms with Crippen molar-refractivity contribution in [3.05, 3.63) is 0 Å². The molecule has 0 fully saturated rings. The lowest BCUT2D eigenvalue weighted by atomic mass is 10.3. The summed E-state index contributed by atoms with van der Waals surface area (Å²) >= 11 is 0. The molecular weight excluding hydrogens is 146 g/mol. The highest BCUT2D eigenvalue weighted by molar-refractivity contribution is 7.84. The number of rotatable bonds is 4. The second-order valence-electron chi connectivity index (χ2n) is 2.34. The third-order valence-electron chi connectivity index (χ3n) is 1.09. The van der Waals surface area contributed by atoms with E-state index >= 15 is 0 Å². The lowest BCUT2D eigenvalue weighted by molar-refractivity contribution is 0.675. The summed E-state index contributed by atoms with van der Waals surface area (Å²) in [7, 11) is -0.773. The standard InChI is InChI=1S/C7H13NOS/c1-3-4-10(9)6-7(2)5-8/h7H,3-4,6H2,1-2H3. The Labute approximate surface area is 64.7 Å². The predicted octanol–water partition coefficient (Wildman–Crippen LogP) is 1.30. The van der Waals surface area contributed by atoms with E-state index < -0.39 is 10.8 Å². The predicted molar refractivity (Wildman–Crippen MR) is 42.9 cm³/mol. The molecule has 0 aromatic rings. The first-order valence-corrected chi connectivity index (χ1v) is 4.94. The van der Waals surface area contributed by atoms with Gasteiger partial charge < -0.3 is 0 Å². The van der Waals surface area contributed by atoms with Crippen LogP contribution in [0.3, 0.4) is 0 Å². The van der Waals surface area contributed by atoms with Gasteiger partial charge in [-0.15, -0.1) is 0 Å². The maximum absolute atomic E-state index is 11.0. The minimum absolute atomic E-state index is 0.0626. The Hall–Kier alpha value is -0.360. The van der Waals surface area contributed by atoms with E-state index in [4.69, 9.17) is 5.26 Å². The molecule has 0 aliphatic rings. The first-order valence-electron chi connectivity index (χ1n) is 3.45. The Balaban J connectivity index is 3.49. The van der Waals surface area contributed by atoms with Crippen molar-refractivity contribution in [3.63, 3.8) is 0 Å². The molecule has 2 atom stereocenters. The fourth-order valence-corrected chi connectivity index (χ4v) is 1.88. The van der Waals surface area contributed by atoms with Crippen molar-refractivity contribution in [1.29, 1.82) is 5.26 Å². The third kappa shape index (κ3) is 4.51. The van der Waals surface area contributed by atoms with Crippen LogP contribution in [0.1, 0.15) is 20.3 Å². The van der Waals surface area contributed by atoms with E-state index in [2.05, 4.69) is 6.07 Å². The molecule has 0 aromatic heterocycles. The average molecular weight is 159 g/mol. The first kappa shape index (κ1) is 9.64. The molecule has 2 nitrogen and oxygen atoms in total. The molecule has 2 unspecified atom stereocenters. The van der Waals surface area contributed by atoms with Crippen molar-refractivity contribution in [2.45, 2.75) is 20.3 Å². The SMILES string of the molecule is CCCS(=O)CC(C)C#N. The van der Waals surface area contributed by atoms with Gasteiger partial charge in [0.1, 0.15) is 0 Å². The summed E-state index contributed by atoms with van der Waals surface area (Å²) in [5.41, 5.74) is 0. The van der Waals surface area contributed by atoms with Crippen LogP contribution >= 0.6 is 0 Å². The van der Waals surface area contributed by atoms with E-state index in [1.807, 2.05) is 6.92 Å². The van der Waals surface area contributed by atoms with Gasteiger partial charge in [-0.3, -0.25) is 4.21 Å². The summed E-state index contributed by atoms with van der Waals surface area (Å²) in [5.74, 6) is 1.20. The fourth-order valence-electron chi connectivity index (χ4n) is 0.627. The summed E-state index contributed by atoms with van der Waals surface area (Å²) in [4.78, 5) is 0. The quantitative estimate of drug-likeness (QED) is 0.620. The topological polar surface area (TPSA) is 40.9 Å². The van der Waals surface area contributed by atoms with Crippen LogP contribution in [-0.4, -0.2) is 15.7 Å². The molecule has 58 valence electrons. The molecule has 0 aliphatic heterocycles. The second-order valence-corrected chi connectivity index (χ2v) is 3.96. The summed E-state index contributed by atoms with van der Waals surface area (Å²) < 4.78 is 11.0. The highest BCUT2D eigenvalue weighted by Crippen LogP contribution is 1.96. The Morgan fingerprint density at radius 2 is 2.30 bits per heavy atom. The Bertz CT molecular complexity index is 150. The summed E-state index contributed by atoms with van der Waals surface area (Å²) in [6.07, 6.45) is 0.935. The van der Waals surface area contributed by atoms with Gasteiger partial charge in [0.2, 0.25) is 0 Å². The maximum atomic E-state index is 11.0. The van der Waals surface area contributed by atoms with Crippen LogP contribution in [0.5, 0.6) is 0 Å². The van der Waals surface area contributed by atoms with Gasteiger partial charge >= 0.3 is 0 Å². The second kappa shape index (κ2) is 5.43. The number of hydrogen-bond donors (Lipinski definition) is 0. The van der Waals surface area contributed by atoms with Crippen molar-refractivity contribution >= 4 is 10.8 Å². The average Bonchev–Trinajstić information content (AvgIpc) is 1.88. The molecule has 0 spiro atoms. The lowest BCUT2D eigenvalue weighted by Gasteiger charge is -1.99. The van der Waals surface area contributed by atoms with E-state index in [9.17, 15) is 4.21 Å². The molecule has 0 amide bonds. The van der Waals surface area contributed by atoms with Crippen LogP contribution < -0.4 is 0 Å². The van der Waals surface area contributed by atoms with Gasteiger partial charge in [0.25, 0.3) is 0 Å². The molecule has 0 aliphatic carbocycles. The van der Waals surface area contributed by atoms with Crippen LogP contribution in [0.25, 0.3) is 0 Å². The molecule has 0 radical (unpaired) electrons. The maximum Gasteiger partial charge on any atom is 0.0662 e. The van der Waals surface area contributed by atoms with Crippen molar-refractivity contribution in [3.8, 4) is 6.07 Å². The molecule has 0 bridgehead atoms. The van der Waals surface area contributed by atoms with Gasteiger partial charge in [0.15, 0.2) is 0 Å². The minimum atomic E-state index is -0.773. The number of nitrogens with zero attached hydrogens (tertiary/aromatic N) is 1. The van der Waals surface area contributed by atoms with Crippen LogP contribution in [0, 0.1) is 17.2 Å². The number of hydrogen-bond acceptors (Lipinski definition) is 2. The van der Waals surface area contributed by atoms with Gasteiger partial charge in [-0.05, 0) is 13.3 Å². The summed E-state index contributed by atoms with van der Waals surface area (Å²) in [6, 6.07) is 2.06. The van der Waals surface area contributed by atoms with Crippen LogP contribution in [0.4, 0.5) is 0 Å². The third-order valence-corrected chi connectivity index (χ3v) is 2.82. The summed E-state index contributed by atoms with van der Waals surface area (Å²) in [5, 5.41) is 8.37. The molecule has 10 heavy (non-hydrogen) atoms. The van der Waals surface area contributed by atoms with E-state index in [1.165, 1.54) is 0 Å². The van der Waals surface area contributed by atoms with E-state index in [-0.39, 0.29) is 5.92 Å². The molecule has 0 rings (SSSR count). The van der Waals surface area contributed by atoms with Crippen molar-refractivity contribution < 1.29 is 4.21 Å². The van der Waals surface area contributed by atoms with E-state index in [0.717, 1.165) is 12.2 Å². The van der Waals surface area contributed by atoms with Crippen molar-refractivity contribution in [2.75, 3.05) is 11.5 Å². The zero-order valence-corrected chi connectivity index (χ0v) is 7.28. The molecule has 0 aromatic carbocycles. The lowest BCUT2D eigenvalue weighted by Crippen LogP contribution is -2.08. The first-order chi connectivity index (χ1) is 4.70. The molecule has 0 saturated heterocycles. The van der Waals surface area contributed by atoms with E-state index in [0.29, 0.717) is 5.75 Å². The summed E-state index contributed by atoms with van der Waals surface area (Å²) in [6.45, 7) is 3.79. The molecule has 0 heterocycles. The van der Waals surface area contributed by atoms with Gasteiger partial charge in [-0.25, -0.2) is 0 Å². The van der Waals surface area contributed by atoms with Crippen LogP contribution in [0.15, 0.2) is 0 Å². The van der Waals surface area contributed by atoms with Crippen LogP contribution in [0.2, 0.25) is 0 Å². The monoisotopic (exact) mass is 159 g/mol. The zero-order valence-electron chi connectivity index (χ0n) is 6.46. The Morgan fingerprint density at radius 3 is 2.70 bits per heavy atom. The molecule has 3 heteroatoms. The highest BCUT2D eigenvalue weighted by atomic mass is 32.2. The van der Waals surface area contributed by atoms with E-state index in [1.54, 1.807) is 6.92 Å².